The first-order valence-electron chi connectivity index (χ1n) is 8.17. The van der Waals surface area contributed by atoms with Crippen LogP contribution in [0.3, 0.4) is 0 Å². The number of nitrogens with one attached hydrogen (secondary N) is 2. The van der Waals surface area contributed by atoms with E-state index in [1.165, 1.54) is 0 Å². The Morgan fingerprint density at radius 3 is 2.88 bits per heavy atom. The molecule has 1 aromatic carbocycles. The first-order valence-corrected chi connectivity index (χ1v) is 8.17. The van der Waals surface area contributed by atoms with Crippen molar-refractivity contribution in [3.63, 3.8) is 0 Å². The SMILES string of the molecule is Cc1cccnc1CNC(=O)N[C@H]1CC(C)(C)Oc2ccccc21. The van der Waals surface area contributed by atoms with E-state index >= 15 is 0 Å². The highest BCUT2D eigenvalue weighted by atomic mass is 16.5. The number of aryl methyl sites for hydroxylation is 1. The zero-order valence-electron chi connectivity index (χ0n) is 14.3. The third kappa shape index (κ3) is 3.67. The van der Waals surface area contributed by atoms with Gasteiger partial charge in [-0.1, -0.05) is 24.3 Å². The number of aromatic nitrogens is 1. The van der Waals surface area contributed by atoms with Gasteiger partial charge >= 0.3 is 6.03 Å². The van der Waals surface area contributed by atoms with Gasteiger partial charge in [-0.25, -0.2) is 4.79 Å². The van der Waals surface area contributed by atoms with Gasteiger partial charge in [0.25, 0.3) is 0 Å². The molecular formula is C19H23N3O2. The molecule has 0 saturated heterocycles. The highest BCUT2D eigenvalue weighted by Gasteiger charge is 2.34. The standard InChI is InChI=1S/C19H23N3O2/c1-13-7-6-10-20-16(13)12-21-18(23)22-15-11-19(2,3)24-17-9-5-4-8-14(15)17/h4-10,15H,11-12H2,1-3H3,(H2,21,22,23)/t15-/m0/s1. The van der Waals surface area contributed by atoms with Gasteiger partial charge in [-0.15, -0.1) is 0 Å². The molecule has 0 bridgehead atoms. The lowest BCUT2D eigenvalue weighted by Crippen LogP contribution is -2.44. The number of hydrogen-bond acceptors (Lipinski definition) is 3. The summed E-state index contributed by atoms with van der Waals surface area (Å²) in [4.78, 5) is 16.6. The maximum Gasteiger partial charge on any atom is 0.315 e. The van der Waals surface area contributed by atoms with Crippen LogP contribution in [-0.2, 0) is 6.54 Å². The molecule has 1 aromatic heterocycles. The van der Waals surface area contributed by atoms with Crippen molar-refractivity contribution in [3.8, 4) is 5.75 Å². The number of para-hydroxylation sites is 1. The van der Waals surface area contributed by atoms with E-state index in [0.29, 0.717) is 6.54 Å². The second kappa shape index (κ2) is 6.51. The van der Waals surface area contributed by atoms with Gasteiger partial charge in [-0.2, -0.15) is 0 Å². The average molecular weight is 325 g/mol. The Kier molecular flexibility index (Phi) is 4.42. The molecule has 2 N–H and O–H groups in total. The molecule has 5 heteroatoms. The zero-order valence-corrected chi connectivity index (χ0v) is 14.3. The van der Waals surface area contributed by atoms with E-state index in [2.05, 4.69) is 15.6 Å². The Labute approximate surface area is 142 Å². The van der Waals surface area contributed by atoms with Crippen LogP contribution < -0.4 is 15.4 Å². The van der Waals surface area contributed by atoms with E-state index < -0.39 is 0 Å². The lowest BCUT2D eigenvalue weighted by molar-refractivity contribution is 0.0679. The minimum absolute atomic E-state index is 0.0743. The van der Waals surface area contributed by atoms with Crippen LogP contribution in [0, 0.1) is 6.92 Å². The summed E-state index contributed by atoms with van der Waals surface area (Å²) in [5.41, 5.74) is 2.64. The minimum Gasteiger partial charge on any atom is -0.487 e. The van der Waals surface area contributed by atoms with Gasteiger partial charge in [0.1, 0.15) is 11.4 Å². The maximum atomic E-state index is 12.3. The van der Waals surface area contributed by atoms with Crippen LogP contribution in [0.1, 0.15) is 43.1 Å². The minimum atomic E-state index is -0.316. The van der Waals surface area contributed by atoms with Gasteiger partial charge < -0.3 is 15.4 Å². The van der Waals surface area contributed by atoms with Crippen molar-refractivity contribution < 1.29 is 9.53 Å². The number of ether oxygens (including phenoxy) is 1. The van der Waals surface area contributed by atoms with Crippen LogP contribution >= 0.6 is 0 Å². The fourth-order valence-corrected chi connectivity index (χ4v) is 3.01. The quantitative estimate of drug-likeness (QED) is 0.908. The topological polar surface area (TPSA) is 63.2 Å². The molecule has 3 rings (SSSR count). The smallest absolute Gasteiger partial charge is 0.315 e. The van der Waals surface area contributed by atoms with Crippen LogP contribution in [0.5, 0.6) is 5.75 Å². The third-order valence-corrected chi connectivity index (χ3v) is 4.22. The Morgan fingerprint density at radius 2 is 2.08 bits per heavy atom. The van der Waals surface area contributed by atoms with Gasteiger partial charge in [-0.05, 0) is 38.5 Å². The summed E-state index contributed by atoms with van der Waals surface area (Å²) >= 11 is 0. The van der Waals surface area contributed by atoms with E-state index in [9.17, 15) is 4.79 Å². The Hall–Kier alpha value is -2.56. The van der Waals surface area contributed by atoms with Crippen LogP contribution in [0.15, 0.2) is 42.6 Å². The van der Waals surface area contributed by atoms with Crippen molar-refractivity contribution in [2.24, 2.45) is 0 Å². The molecule has 0 aliphatic carbocycles. The Morgan fingerprint density at radius 1 is 1.29 bits per heavy atom. The van der Waals surface area contributed by atoms with Crippen molar-refractivity contribution in [1.29, 1.82) is 0 Å². The predicted molar refractivity (Wildman–Crippen MR) is 92.9 cm³/mol. The monoisotopic (exact) mass is 325 g/mol. The number of pyridine rings is 1. The molecule has 1 aliphatic rings. The van der Waals surface area contributed by atoms with Gasteiger partial charge in [0, 0.05) is 18.2 Å². The van der Waals surface area contributed by atoms with Crippen molar-refractivity contribution in [2.45, 2.75) is 45.4 Å². The molecule has 2 amide bonds. The van der Waals surface area contributed by atoms with Crippen molar-refractivity contribution in [2.75, 3.05) is 0 Å². The summed E-state index contributed by atoms with van der Waals surface area (Å²) in [6, 6.07) is 11.5. The summed E-state index contributed by atoms with van der Waals surface area (Å²) < 4.78 is 5.99. The van der Waals surface area contributed by atoms with Crippen LogP contribution in [0.4, 0.5) is 4.79 Å². The highest BCUT2D eigenvalue weighted by molar-refractivity contribution is 5.74. The molecule has 1 aliphatic heterocycles. The van der Waals surface area contributed by atoms with Crippen molar-refractivity contribution in [1.82, 2.24) is 15.6 Å². The summed E-state index contributed by atoms with van der Waals surface area (Å²) in [7, 11) is 0. The fourth-order valence-electron chi connectivity index (χ4n) is 3.01. The number of hydrogen-bond donors (Lipinski definition) is 2. The Bertz CT molecular complexity index is 743. The van der Waals surface area contributed by atoms with Crippen LogP contribution in [0.2, 0.25) is 0 Å². The molecule has 24 heavy (non-hydrogen) atoms. The highest BCUT2D eigenvalue weighted by Crippen LogP contribution is 2.39. The summed E-state index contributed by atoms with van der Waals surface area (Å²) in [6.45, 7) is 6.46. The first-order chi connectivity index (χ1) is 11.4. The number of urea groups is 1. The lowest BCUT2D eigenvalue weighted by Gasteiger charge is -2.37. The number of carbonyl (C=O) groups is 1. The molecule has 0 radical (unpaired) electrons. The lowest BCUT2D eigenvalue weighted by atomic mass is 9.90. The third-order valence-electron chi connectivity index (χ3n) is 4.22. The number of nitrogens with zero attached hydrogens (tertiary/aromatic N) is 1. The molecule has 5 nitrogen and oxygen atoms in total. The fraction of sp³-hybridized carbons (Fsp3) is 0.368. The molecule has 126 valence electrons. The normalized spacial score (nSPS) is 18.2. The molecule has 0 unspecified atom stereocenters. The number of fused-ring (bicyclic) bond motifs is 1. The molecular weight excluding hydrogens is 302 g/mol. The Balaban J connectivity index is 1.67. The molecule has 0 fully saturated rings. The molecule has 2 heterocycles. The zero-order chi connectivity index (χ0) is 17.2. The summed E-state index contributed by atoms with van der Waals surface area (Å²) in [5, 5.41) is 5.95. The molecule has 1 atom stereocenters. The number of rotatable bonds is 3. The average Bonchev–Trinajstić information content (AvgIpc) is 2.53. The maximum absolute atomic E-state index is 12.3. The largest absolute Gasteiger partial charge is 0.487 e. The van der Waals surface area contributed by atoms with Crippen molar-refractivity contribution in [3.05, 3.63) is 59.4 Å². The van der Waals surface area contributed by atoms with Gasteiger partial charge in [0.05, 0.1) is 18.3 Å². The van der Waals surface area contributed by atoms with Gasteiger partial charge in [0.2, 0.25) is 0 Å². The number of benzene rings is 1. The molecule has 0 spiro atoms. The van der Waals surface area contributed by atoms with Gasteiger partial charge in [0.15, 0.2) is 0 Å². The number of carbonyl (C=O) groups excluding carboxylic acids is 1. The van der Waals surface area contributed by atoms with Crippen LogP contribution in [-0.4, -0.2) is 16.6 Å². The van der Waals surface area contributed by atoms with E-state index in [1.54, 1.807) is 6.20 Å². The van der Waals surface area contributed by atoms with E-state index in [0.717, 1.165) is 29.0 Å². The number of amides is 2. The second-order valence-electron chi connectivity index (χ2n) is 6.75. The molecule has 0 saturated carbocycles. The van der Waals surface area contributed by atoms with Gasteiger partial charge in [-0.3, -0.25) is 4.98 Å². The van der Waals surface area contributed by atoms with Crippen LogP contribution in [0.25, 0.3) is 0 Å². The van der Waals surface area contributed by atoms with E-state index in [1.807, 2.05) is 57.2 Å². The predicted octanol–water partition coefficient (Wildman–Crippen LogP) is 3.49. The molecule has 2 aromatic rings. The summed E-state index contributed by atoms with van der Waals surface area (Å²) in [6.07, 6.45) is 2.46. The first kappa shape index (κ1) is 16.3. The van der Waals surface area contributed by atoms with Crippen molar-refractivity contribution >= 4 is 6.03 Å². The summed E-state index contributed by atoms with van der Waals surface area (Å²) in [5.74, 6) is 0.833. The van der Waals surface area contributed by atoms with E-state index in [4.69, 9.17) is 4.74 Å². The van der Waals surface area contributed by atoms with E-state index in [-0.39, 0.29) is 17.7 Å². The second-order valence-corrected chi connectivity index (χ2v) is 6.75.